The molecule has 24 heavy (non-hydrogen) atoms. The minimum absolute atomic E-state index is 0.691. The van der Waals surface area contributed by atoms with E-state index in [1.54, 1.807) is 6.20 Å². The van der Waals surface area contributed by atoms with Crippen molar-refractivity contribution in [1.29, 1.82) is 0 Å². The smallest absolute Gasteiger partial charge is 0.139 e. The van der Waals surface area contributed by atoms with Crippen LogP contribution in [0.1, 0.15) is 18.4 Å². The van der Waals surface area contributed by atoms with Crippen LogP contribution in [0.2, 0.25) is 0 Å². The number of hydrogen-bond donors (Lipinski definition) is 0. The first-order chi connectivity index (χ1) is 11.9. The lowest BCUT2D eigenvalue weighted by Crippen LogP contribution is -2.07. The van der Waals surface area contributed by atoms with Crippen molar-refractivity contribution < 1.29 is 4.74 Å². The van der Waals surface area contributed by atoms with Gasteiger partial charge in [0.1, 0.15) is 5.82 Å². The third-order valence-corrected chi connectivity index (χ3v) is 4.63. The van der Waals surface area contributed by atoms with E-state index in [0.717, 1.165) is 44.1 Å². The van der Waals surface area contributed by atoms with E-state index in [2.05, 4.69) is 45.1 Å². The van der Waals surface area contributed by atoms with Crippen molar-refractivity contribution >= 4 is 0 Å². The van der Waals surface area contributed by atoms with Crippen LogP contribution < -0.4 is 0 Å². The quantitative estimate of drug-likeness (QED) is 0.700. The summed E-state index contributed by atoms with van der Waals surface area (Å²) in [6.45, 7) is 3.62. The van der Waals surface area contributed by atoms with E-state index in [-0.39, 0.29) is 0 Å². The topological polar surface area (TPSA) is 44.9 Å². The van der Waals surface area contributed by atoms with Crippen LogP contribution >= 0.6 is 0 Å². The summed E-state index contributed by atoms with van der Waals surface area (Å²) in [5.41, 5.74) is 2.40. The van der Waals surface area contributed by atoms with Crippen LogP contribution in [0.25, 0.3) is 11.4 Å². The minimum atomic E-state index is 0.691. The zero-order chi connectivity index (χ0) is 16.2. The Hall–Kier alpha value is -2.40. The average molecular weight is 322 g/mol. The zero-order valence-electron chi connectivity index (χ0n) is 13.7. The van der Waals surface area contributed by atoms with E-state index in [1.807, 2.05) is 23.1 Å². The highest BCUT2D eigenvalue weighted by Gasteiger charge is 2.16. The molecule has 124 valence electrons. The molecule has 1 unspecified atom stereocenters. The third kappa shape index (κ3) is 3.41. The summed E-state index contributed by atoms with van der Waals surface area (Å²) in [7, 11) is 0. The third-order valence-electron chi connectivity index (χ3n) is 4.63. The number of imidazole rings is 1. The molecule has 3 heterocycles. The van der Waals surface area contributed by atoms with Crippen molar-refractivity contribution in [2.75, 3.05) is 13.2 Å². The van der Waals surface area contributed by atoms with Crippen LogP contribution in [0.3, 0.4) is 0 Å². The number of rotatable bonds is 6. The summed E-state index contributed by atoms with van der Waals surface area (Å²) in [4.78, 5) is 4.55. The highest BCUT2D eigenvalue weighted by molar-refractivity contribution is 5.56. The van der Waals surface area contributed by atoms with E-state index in [1.165, 1.54) is 12.0 Å². The van der Waals surface area contributed by atoms with Gasteiger partial charge in [0, 0.05) is 50.1 Å². The summed E-state index contributed by atoms with van der Waals surface area (Å²) in [6.07, 6.45) is 10.1. The van der Waals surface area contributed by atoms with Crippen molar-refractivity contribution in [1.82, 2.24) is 19.3 Å². The Kier molecular flexibility index (Phi) is 4.42. The summed E-state index contributed by atoms with van der Waals surface area (Å²) < 4.78 is 9.65. The molecule has 3 aromatic rings. The van der Waals surface area contributed by atoms with Crippen LogP contribution in [-0.4, -0.2) is 32.5 Å². The maximum atomic E-state index is 5.47. The van der Waals surface area contributed by atoms with Crippen LogP contribution in [0, 0.1) is 5.92 Å². The molecule has 5 heteroatoms. The molecule has 0 aliphatic carbocycles. The Morgan fingerprint density at radius 1 is 1.12 bits per heavy atom. The fourth-order valence-corrected chi connectivity index (χ4v) is 3.22. The van der Waals surface area contributed by atoms with Gasteiger partial charge in [-0.05, 0) is 30.4 Å². The van der Waals surface area contributed by atoms with E-state index >= 15 is 0 Å². The molecule has 4 rings (SSSR count). The average Bonchev–Trinajstić information content (AvgIpc) is 3.36. The number of hydrogen-bond acceptors (Lipinski definition) is 3. The number of ether oxygens (including phenoxy) is 1. The molecule has 1 aliphatic heterocycles. The van der Waals surface area contributed by atoms with Crippen molar-refractivity contribution in [2.45, 2.75) is 25.9 Å². The van der Waals surface area contributed by atoms with Gasteiger partial charge in [-0.3, -0.25) is 4.68 Å². The number of aryl methyl sites for hydroxylation is 1. The fourth-order valence-electron chi connectivity index (χ4n) is 3.22. The van der Waals surface area contributed by atoms with E-state index in [0.29, 0.717) is 5.92 Å². The van der Waals surface area contributed by atoms with Crippen LogP contribution in [0.15, 0.2) is 55.1 Å². The molecule has 1 aromatic carbocycles. The maximum absolute atomic E-state index is 5.47. The minimum Gasteiger partial charge on any atom is -0.381 e. The number of benzene rings is 1. The Morgan fingerprint density at radius 3 is 2.79 bits per heavy atom. The first-order valence-corrected chi connectivity index (χ1v) is 8.54. The Bertz CT molecular complexity index is 755. The molecule has 5 nitrogen and oxygen atoms in total. The molecule has 0 N–H and O–H groups in total. The first kappa shape index (κ1) is 15.1. The van der Waals surface area contributed by atoms with Gasteiger partial charge in [0.15, 0.2) is 0 Å². The Morgan fingerprint density at radius 2 is 2.04 bits per heavy atom. The van der Waals surface area contributed by atoms with E-state index < -0.39 is 0 Å². The van der Waals surface area contributed by atoms with Crippen LogP contribution in [0.5, 0.6) is 0 Å². The van der Waals surface area contributed by atoms with Gasteiger partial charge in [-0.1, -0.05) is 24.3 Å². The van der Waals surface area contributed by atoms with Gasteiger partial charge in [-0.15, -0.1) is 0 Å². The van der Waals surface area contributed by atoms with Gasteiger partial charge < -0.3 is 9.30 Å². The van der Waals surface area contributed by atoms with Gasteiger partial charge >= 0.3 is 0 Å². The van der Waals surface area contributed by atoms with Crippen molar-refractivity contribution in [3.05, 3.63) is 60.7 Å². The van der Waals surface area contributed by atoms with Gasteiger partial charge in [0.05, 0.1) is 6.54 Å². The maximum Gasteiger partial charge on any atom is 0.139 e. The number of aromatic nitrogens is 4. The van der Waals surface area contributed by atoms with Gasteiger partial charge in [0.25, 0.3) is 0 Å². The lowest BCUT2D eigenvalue weighted by Gasteiger charge is -2.11. The standard InChI is InChI=1S/C19H22N4O/c1-8-21-23(10-1)14-16-2-4-18(5-3-16)19-20-9-12-22(19)11-6-17-7-13-24-15-17/h1-5,8-10,12,17H,6-7,11,13-15H2. The Balaban J connectivity index is 1.44. The van der Waals surface area contributed by atoms with Gasteiger partial charge in [-0.2, -0.15) is 5.10 Å². The predicted octanol–water partition coefficient (Wildman–Crippen LogP) is 3.22. The second-order valence-corrected chi connectivity index (χ2v) is 6.36. The van der Waals surface area contributed by atoms with Gasteiger partial charge in [0.2, 0.25) is 0 Å². The molecule has 1 saturated heterocycles. The summed E-state index contributed by atoms with van der Waals surface area (Å²) in [5, 5.41) is 4.25. The molecule has 0 saturated carbocycles. The lowest BCUT2D eigenvalue weighted by atomic mass is 10.1. The summed E-state index contributed by atoms with van der Waals surface area (Å²) in [6, 6.07) is 10.6. The highest BCUT2D eigenvalue weighted by Crippen LogP contribution is 2.22. The second kappa shape index (κ2) is 7.01. The molecular formula is C19H22N4O. The largest absolute Gasteiger partial charge is 0.381 e. The normalized spacial score (nSPS) is 17.4. The van der Waals surface area contributed by atoms with E-state index in [9.17, 15) is 0 Å². The SMILES string of the molecule is c1cnn(Cc2ccc(-c3nccn3CCC3CCOC3)cc2)c1. The molecule has 0 amide bonds. The molecule has 1 aliphatic rings. The van der Waals surface area contributed by atoms with Crippen molar-refractivity contribution in [3.8, 4) is 11.4 Å². The first-order valence-electron chi connectivity index (χ1n) is 8.54. The van der Waals surface area contributed by atoms with Crippen molar-refractivity contribution in [3.63, 3.8) is 0 Å². The van der Waals surface area contributed by atoms with E-state index in [4.69, 9.17) is 4.74 Å². The molecule has 1 fully saturated rings. The fraction of sp³-hybridized carbons (Fsp3) is 0.368. The molecule has 0 spiro atoms. The van der Waals surface area contributed by atoms with Crippen LogP contribution in [-0.2, 0) is 17.8 Å². The zero-order valence-corrected chi connectivity index (χ0v) is 13.7. The monoisotopic (exact) mass is 322 g/mol. The predicted molar refractivity (Wildman–Crippen MR) is 92.5 cm³/mol. The Labute approximate surface area is 141 Å². The summed E-state index contributed by atoms with van der Waals surface area (Å²) >= 11 is 0. The van der Waals surface area contributed by atoms with Crippen molar-refractivity contribution in [2.24, 2.45) is 5.92 Å². The highest BCUT2D eigenvalue weighted by atomic mass is 16.5. The van der Waals surface area contributed by atoms with Crippen LogP contribution in [0.4, 0.5) is 0 Å². The summed E-state index contributed by atoms with van der Waals surface area (Å²) in [5.74, 6) is 1.73. The second-order valence-electron chi connectivity index (χ2n) is 6.36. The lowest BCUT2D eigenvalue weighted by molar-refractivity contribution is 0.183. The molecule has 1 atom stereocenters. The van der Waals surface area contributed by atoms with Gasteiger partial charge in [-0.25, -0.2) is 4.98 Å². The molecular weight excluding hydrogens is 300 g/mol. The molecule has 2 aromatic heterocycles. The molecule has 0 radical (unpaired) electrons. The molecule has 0 bridgehead atoms. The number of nitrogens with zero attached hydrogens (tertiary/aromatic N) is 4.